The molecule has 0 heterocycles. The van der Waals surface area contributed by atoms with Gasteiger partial charge in [0, 0.05) is 6.04 Å². The van der Waals surface area contributed by atoms with Crippen molar-refractivity contribution in [2.24, 2.45) is 5.73 Å². The van der Waals surface area contributed by atoms with Crippen molar-refractivity contribution < 1.29 is 17.5 Å². The Balaban J connectivity index is 0. The van der Waals surface area contributed by atoms with Crippen molar-refractivity contribution in [2.45, 2.75) is 15.9 Å². The maximum atomic E-state index is 10.3. The van der Waals surface area contributed by atoms with Gasteiger partial charge in [0.15, 0.2) is 0 Å². The molecule has 0 bridgehead atoms. The minimum Gasteiger partial charge on any atom is -1.00 e. The standard InChI is InChI=1S/C8H10NO.2CH3.ClH.Sn/c9-8(6-10)7-4-2-1-3-5-7;;;;/h1-5,8H,6,9H2;2*1H3;1H;/q-1;;;;+2/p-1/t8-;;;;/m1..../s1. The summed E-state index contributed by atoms with van der Waals surface area (Å²) in [6.45, 7) is -0.246. The molecule has 2 nitrogen and oxygen atoms in total. The minimum atomic E-state index is -0.346. The van der Waals surface area contributed by atoms with Gasteiger partial charge >= 0.3 is 31.0 Å². The van der Waals surface area contributed by atoms with E-state index in [1.54, 1.807) is 0 Å². The summed E-state index contributed by atoms with van der Waals surface area (Å²) in [6, 6.07) is 9.04. The van der Waals surface area contributed by atoms with Crippen molar-refractivity contribution in [1.82, 2.24) is 0 Å². The first-order valence-electron chi connectivity index (χ1n) is 4.23. The molecular formula is C10H16ClNOSn. The van der Waals surface area contributed by atoms with Gasteiger partial charge in [-0.2, -0.15) is 0 Å². The van der Waals surface area contributed by atoms with Crippen molar-refractivity contribution in [3.05, 3.63) is 35.9 Å². The number of nitrogens with two attached hydrogens (primary N) is 1. The van der Waals surface area contributed by atoms with E-state index in [0.29, 0.717) is 0 Å². The molecule has 0 radical (unpaired) electrons. The second kappa shape index (κ2) is 11.3. The average Bonchev–Trinajstić information content (AvgIpc) is 2.19. The molecule has 1 aromatic rings. The summed E-state index contributed by atoms with van der Waals surface area (Å²) in [5.74, 6) is 0. The number of hydrogen-bond acceptors (Lipinski definition) is 2. The predicted octanol–water partition coefficient (Wildman–Crippen LogP) is -2.16. The zero-order chi connectivity index (χ0) is 10.1. The fourth-order valence-electron chi connectivity index (χ4n) is 0.796. The molecule has 0 fully saturated rings. The molecular weight excluding hydrogens is 304 g/mol. The van der Waals surface area contributed by atoms with Crippen LogP contribution in [0.25, 0.3) is 0 Å². The molecule has 1 aromatic carbocycles. The van der Waals surface area contributed by atoms with Crippen LogP contribution in [0.4, 0.5) is 0 Å². The van der Waals surface area contributed by atoms with Crippen LogP contribution >= 0.6 is 0 Å². The summed E-state index contributed by atoms with van der Waals surface area (Å²) < 4.78 is 0. The Hall–Kier alpha value is 0.229. The molecule has 1 atom stereocenters. The zero-order valence-corrected chi connectivity index (χ0v) is 12.1. The fourth-order valence-corrected chi connectivity index (χ4v) is 0.796. The Labute approximate surface area is 103 Å². The maximum Gasteiger partial charge on any atom is -1.00 e. The molecule has 0 saturated heterocycles. The Kier molecular flexibility index (Phi) is 13.4. The van der Waals surface area contributed by atoms with Gasteiger partial charge in [-0.1, -0.05) is 30.3 Å². The topological polar surface area (TPSA) is 49.1 Å². The third-order valence-corrected chi connectivity index (χ3v) is 1.41. The molecule has 0 aliphatic carbocycles. The Bertz CT molecular complexity index is 209. The van der Waals surface area contributed by atoms with E-state index in [4.69, 9.17) is 5.73 Å². The quantitative estimate of drug-likeness (QED) is 0.631. The molecule has 0 saturated carbocycles. The summed E-state index contributed by atoms with van der Waals surface area (Å²) in [6.07, 6.45) is 0. The third kappa shape index (κ3) is 7.62. The van der Waals surface area contributed by atoms with Gasteiger partial charge in [-0.25, -0.2) is 0 Å². The molecule has 2 N–H and O–H groups in total. The van der Waals surface area contributed by atoms with E-state index in [9.17, 15) is 5.11 Å². The maximum absolute atomic E-state index is 10.3. The van der Waals surface area contributed by atoms with Crippen molar-refractivity contribution >= 4 is 21.1 Å². The first kappa shape index (κ1) is 16.7. The second-order valence-corrected chi connectivity index (χ2v) is 5.54. The van der Waals surface area contributed by atoms with Gasteiger partial charge in [0.1, 0.15) is 0 Å². The third-order valence-electron chi connectivity index (χ3n) is 1.41. The monoisotopic (exact) mass is 321 g/mol. The summed E-state index contributed by atoms with van der Waals surface area (Å²) in [5, 5.41) is 10.3. The van der Waals surface area contributed by atoms with E-state index in [1.807, 2.05) is 30.3 Å². The summed E-state index contributed by atoms with van der Waals surface area (Å²) in [5.41, 5.74) is 6.40. The molecule has 0 unspecified atom stereocenters. The Morgan fingerprint density at radius 1 is 1.29 bits per heavy atom. The second-order valence-electron chi connectivity index (χ2n) is 2.68. The van der Waals surface area contributed by atoms with Gasteiger partial charge in [-0.3, -0.25) is 0 Å². The zero-order valence-electron chi connectivity index (χ0n) is 8.53. The van der Waals surface area contributed by atoms with Crippen molar-refractivity contribution in [2.75, 3.05) is 6.61 Å². The Morgan fingerprint density at radius 2 is 1.71 bits per heavy atom. The largest absolute Gasteiger partial charge is 1.00 e. The molecule has 0 aromatic heterocycles. The van der Waals surface area contributed by atoms with Gasteiger partial charge in [0.25, 0.3) is 0 Å². The van der Waals surface area contributed by atoms with Crippen LogP contribution in [0.3, 0.4) is 0 Å². The molecule has 14 heavy (non-hydrogen) atoms. The van der Waals surface area contributed by atoms with Crippen LogP contribution in [0.15, 0.2) is 30.3 Å². The SMILES string of the molecule is N[C@H](C[O-])c1ccccc1.[CH3][Sn+2][CH3].[Cl-]. The van der Waals surface area contributed by atoms with Gasteiger partial charge < -0.3 is 23.2 Å². The normalized spacial score (nSPS) is 10.0. The molecule has 4 heteroatoms. The molecule has 1 rings (SSSR count). The van der Waals surface area contributed by atoms with Crippen LogP contribution in [-0.4, -0.2) is 27.7 Å². The van der Waals surface area contributed by atoms with E-state index in [1.165, 1.54) is 0 Å². The first-order chi connectivity index (χ1) is 6.26. The summed E-state index contributed by atoms with van der Waals surface area (Å²) in [7, 11) is 0. The van der Waals surface area contributed by atoms with Crippen LogP contribution in [-0.2, 0) is 0 Å². The van der Waals surface area contributed by atoms with Gasteiger partial charge in [0.2, 0.25) is 0 Å². The van der Waals surface area contributed by atoms with Crippen LogP contribution < -0.4 is 23.2 Å². The molecule has 0 amide bonds. The van der Waals surface area contributed by atoms with Crippen LogP contribution in [0.2, 0.25) is 9.88 Å². The molecule has 0 aliphatic heterocycles. The number of rotatable bonds is 2. The van der Waals surface area contributed by atoms with Crippen LogP contribution in [0.5, 0.6) is 0 Å². The van der Waals surface area contributed by atoms with Crippen molar-refractivity contribution in [3.8, 4) is 0 Å². The number of hydrogen-bond donors (Lipinski definition) is 1. The smallest absolute Gasteiger partial charge is 1.00 e. The van der Waals surface area contributed by atoms with Crippen LogP contribution in [0.1, 0.15) is 11.6 Å². The van der Waals surface area contributed by atoms with Gasteiger partial charge in [0.05, 0.1) is 0 Å². The summed E-state index contributed by atoms with van der Waals surface area (Å²) in [4.78, 5) is 4.59. The van der Waals surface area contributed by atoms with Crippen LogP contribution in [0, 0.1) is 0 Å². The van der Waals surface area contributed by atoms with E-state index < -0.39 is 0 Å². The average molecular weight is 320 g/mol. The van der Waals surface area contributed by atoms with E-state index in [0.717, 1.165) is 5.56 Å². The van der Waals surface area contributed by atoms with Crippen molar-refractivity contribution in [1.29, 1.82) is 0 Å². The van der Waals surface area contributed by atoms with Gasteiger partial charge in [-0.05, 0) is 5.56 Å². The minimum absolute atomic E-state index is 0. The Morgan fingerprint density at radius 3 is 2.07 bits per heavy atom. The van der Waals surface area contributed by atoms with Crippen molar-refractivity contribution in [3.63, 3.8) is 0 Å². The fraction of sp³-hybridized carbons (Fsp3) is 0.400. The summed E-state index contributed by atoms with van der Waals surface area (Å²) >= 11 is 0.230. The van der Waals surface area contributed by atoms with E-state index in [2.05, 4.69) is 9.88 Å². The molecule has 0 spiro atoms. The predicted molar refractivity (Wildman–Crippen MR) is 55.7 cm³/mol. The van der Waals surface area contributed by atoms with E-state index >= 15 is 0 Å². The number of benzene rings is 1. The molecule has 0 aliphatic rings. The van der Waals surface area contributed by atoms with Gasteiger partial charge in [-0.15, -0.1) is 6.61 Å². The van der Waals surface area contributed by atoms with E-state index in [-0.39, 0.29) is 46.2 Å². The number of halogens is 1. The molecule has 78 valence electrons. The first-order valence-corrected chi connectivity index (χ1v) is 9.94.